The number of hydrogen-bond acceptors (Lipinski definition) is 4. The Labute approximate surface area is 153 Å². The summed E-state index contributed by atoms with van der Waals surface area (Å²) in [6, 6.07) is 22.2. The van der Waals surface area contributed by atoms with E-state index in [2.05, 4.69) is 23.1 Å². The summed E-state index contributed by atoms with van der Waals surface area (Å²) >= 11 is 0. The first-order valence-electron chi connectivity index (χ1n) is 8.48. The molecule has 0 amide bonds. The molecule has 1 heterocycles. The van der Waals surface area contributed by atoms with E-state index in [-0.39, 0.29) is 0 Å². The number of para-hydroxylation sites is 4. The Balaban J connectivity index is 2.04. The number of hydrogen-bond donors (Lipinski definition) is 0. The molecule has 3 aromatic rings. The lowest BCUT2D eigenvalue weighted by Crippen LogP contribution is -2.21. The number of nitrogens with zero attached hydrogens (tertiary/aromatic N) is 3. The Morgan fingerprint density at radius 3 is 2.04 bits per heavy atom. The van der Waals surface area contributed by atoms with Gasteiger partial charge in [-0.2, -0.15) is 5.26 Å². The van der Waals surface area contributed by atoms with Gasteiger partial charge in [0.2, 0.25) is 0 Å². The molecule has 0 atom stereocenters. The Morgan fingerprint density at radius 2 is 1.50 bits per heavy atom. The molecular formula is C22H19N3O. The molecule has 4 rings (SSSR count). The summed E-state index contributed by atoms with van der Waals surface area (Å²) in [5.74, 6) is 1.64. The smallest absolute Gasteiger partial charge is 0.151 e. The normalized spacial score (nSPS) is 11.8. The van der Waals surface area contributed by atoms with Crippen LogP contribution in [0.1, 0.15) is 11.1 Å². The quantitative estimate of drug-likeness (QED) is 0.482. The van der Waals surface area contributed by atoms with Crippen LogP contribution in [-0.2, 0) is 0 Å². The lowest BCUT2D eigenvalue weighted by atomic mass is 10.0. The average molecular weight is 341 g/mol. The van der Waals surface area contributed by atoms with Gasteiger partial charge in [-0.25, -0.2) is 0 Å². The average Bonchev–Trinajstić information content (AvgIpc) is 2.65. The molecule has 0 fully saturated rings. The van der Waals surface area contributed by atoms with Gasteiger partial charge in [0.1, 0.15) is 0 Å². The number of rotatable bonds is 2. The van der Waals surface area contributed by atoms with Crippen molar-refractivity contribution in [3.8, 4) is 17.6 Å². The summed E-state index contributed by atoms with van der Waals surface area (Å²) in [4.78, 5) is 4.27. The van der Waals surface area contributed by atoms with Crippen molar-refractivity contribution in [2.24, 2.45) is 0 Å². The molecule has 4 nitrogen and oxygen atoms in total. The van der Waals surface area contributed by atoms with Crippen LogP contribution in [-0.4, -0.2) is 14.1 Å². The number of aryl methyl sites for hydroxylation is 1. The van der Waals surface area contributed by atoms with E-state index in [0.717, 1.165) is 39.8 Å². The predicted octanol–water partition coefficient (Wildman–Crippen LogP) is 5.51. The van der Waals surface area contributed by atoms with Crippen LogP contribution in [0.2, 0.25) is 0 Å². The zero-order valence-electron chi connectivity index (χ0n) is 15.0. The summed E-state index contributed by atoms with van der Waals surface area (Å²) < 4.78 is 6.11. The maximum absolute atomic E-state index is 9.38. The van der Waals surface area contributed by atoms with Crippen LogP contribution >= 0.6 is 0 Å². The first-order valence-corrected chi connectivity index (χ1v) is 8.48. The molecule has 0 aromatic heterocycles. The van der Waals surface area contributed by atoms with Gasteiger partial charge in [0.25, 0.3) is 0 Å². The van der Waals surface area contributed by atoms with E-state index in [9.17, 15) is 5.26 Å². The molecule has 3 aromatic carbocycles. The highest BCUT2D eigenvalue weighted by atomic mass is 16.5. The Kier molecular flexibility index (Phi) is 3.78. The minimum Gasteiger partial charge on any atom is -0.453 e. The van der Waals surface area contributed by atoms with Crippen molar-refractivity contribution in [2.75, 3.05) is 23.9 Å². The van der Waals surface area contributed by atoms with Crippen molar-refractivity contribution in [1.29, 1.82) is 5.26 Å². The van der Waals surface area contributed by atoms with Gasteiger partial charge >= 0.3 is 0 Å². The molecule has 0 aliphatic carbocycles. The highest BCUT2D eigenvalue weighted by molar-refractivity contribution is 5.93. The Hall–Kier alpha value is -3.45. The van der Waals surface area contributed by atoms with E-state index in [1.165, 1.54) is 0 Å². The molecule has 0 radical (unpaired) electrons. The molecule has 0 N–H and O–H groups in total. The van der Waals surface area contributed by atoms with Crippen LogP contribution in [0.3, 0.4) is 0 Å². The van der Waals surface area contributed by atoms with Gasteiger partial charge < -0.3 is 14.5 Å². The summed E-state index contributed by atoms with van der Waals surface area (Å²) in [6.45, 7) is 2.05. The Morgan fingerprint density at radius 1 is 0.923 bits per heavy atom. The highest BCUT2D eigenvalue weighted by Gasteiger charge is 2.28. The second-order valence-corrected chi connectivity index (χ2v) is 6.54. The molecule has 1 aliphatic rings. The lowest BCUT2D eigenvalue weighted by molar-refractivity contribution is 0.477. The first kappa shape index (κ1) is 16.0. The molecule has 26 heavy (non-hydrogen) atoms. The molecule has 0 saturated carbocycles. The summed E-state index contributed by atoms with van der Waals surface area (Å²) in [5.41, 5.74) is 5.72. The molecule has 1 aliphatic heterocycles. The van der Waals surface area contributed by atoms with Crippen LogP contribution in [0.5, 0.6) is 11.5 Å². The van der Waals surface area contributed by atoms with Gasteiger partial charge in [0.15, 0.2) is 11.5 Å². The third-order valence-corrected chi connectivity index (χ3v) is 4.55. The van der Waals surface area contributed by atoms with Crippen molar-refractivity contribution >= 4 is 22.7 Å². The van der Waals surface area contributed by atoms with E-state index in [4.69, 9.17) is 4.74 Å². The molecule has 0 unspecified atom stereocenters. The van der Waals surface area contributed by atoms with Crippen molar-refractivity contribution in [1.82, 2.24) is 0 Å². The molecule has 0 saturated heterocycles. The fourth-order valence-electron chi connectivity index (χ4n) is 3.40. The van der Waals surface area contributed by atoms with Crippen LogP contribution < -0.4 is 14.5 Å². The van der Waals surface area contributed by atoms with Crippen molar-refractivity contribution in [3.63, 3.8) is 0 Å². The van der Waals surface area contributed by atoms with Crippen LogP contribution in [0.25, 0.3) is 0 Å². The summed E-state index contributed by atoms with van der Waals surface area (Å²) in [5, 5.41) is 9.38. The zero-order valence-corrected chi connectivity index (χ0v) is 15.0. The largest absolute Gasteiger partial charge is 0.453 e. The van der Waals surface area contributed by atoms with Gasteiger partial charge in [0.05, 0.1) is 34.4 Å². The summed E-state index contributed by atoms with van der Waals surface area (Å²) in [7, 11) is 4.00. The van der Waals surface area contributed by atoms with Gasteiger partial charge in [-0.05, 0) is 48.9 Å². The van der Waals surface area contributed by atoms with E-state index in [0.29, 0.717) is 5.56 Å². The Bertz CT molecular complexity index is 988. The topological polar surface area (TPSA) is 39.5 Å². The standard InChI is InChI=1S/C22H19N3O/c1-15-12-16(14-23)13-19(24(2)3)22(15)25-17-8-4-6-10-20(17)26-21-11-7-5-9-18(21)25/h4-13H,1-3H3. The van der Waals surface area contributed by atoms with Crippen molar-refractivity contribution < 1.29 is 4.74 Å². The monoisotopic (exact) mass is 341 g/mol. The summed E-state index contributed by atoms with van der Waals surface area (Å²) in [6.07, 6.45) is 0. The van der Waals surface area contributed by atoms with E-state index in [1.54, 1.807) is 0 Å². The lowest BCUT2D eigenvalue weighted by Gasteiger charge is -2.36. The minimum absolute atomic E-state index is 0.657. The maximum atomic E-state index is 9.38. The number of nitriles is 1. The van der Waals surface area contributed by atoms with Gasteiger partial charge in [0, 0.05) is 14.1 Å². The van der Waals surface area contributed by atoms with E-state index in [1.807, 2.05) is 74.4 Å². The molecule has 0 spiro atoms. The van der Waals surface area contributed by atoms with Crippen LogP contribution in [0.4, 0.5) is 22.7 Å². The predicted molar refractivity (Wildman–Crippen MR) is 105 cm³/mol. The fraction of sp³-hybridized carbons (Fsp3) is 0.136. The number of benzene rings is 3. The number of ether oxygens (including phenoxy) is 1. The molecular weight excluding hydrogens is 322 g/mol. The van der Waals surface area contributed by atoms with Crippen molar-refractivity contribution in [3.05, 3.63) is 71.8 Å². The SMILES string of the molecule is Cc1cc(C#N)cc(N(C)C)c1N1c2ccccc2Oc2ccccc21. The van der Waals surface area contributed by atoms with E-state index >= 15 is 0 Å². The first-order chi connectivity index (χ1) is 12.6. The number of fused-ring (bicyclic) bond motifs is 2. The van der Waals surface area contributed by atoms with Gasteiger partial charge in [-0.1, -0.05) is 24.3 Å². The van der Waals surface area contributed by atoms with Gasteiger partial charge in [-0.15, -0.1) is 0 Å². The van der Waals surface area contributed by atoms with Crippen LogP contribution in [0.15, 0.2) is 60.7 Å². The third-order valence-electron chi connectivity index (χ3n) is 4.55. The maximum Gasteiger partial charge on any atom is 0.151 e. The second-order valence-electron chi connectivity index (χ2n) is 6.54. The second kappa shape index (κ2) is 6.12. The number of anilines is 4. The van der Waals surface area contributed by atoms with Gasteiger partial charge in [-0.3, -0.25) is 0 Å². The minimum atomic E-state index is 0.657. The third kappa shape index (κ3) is 2.46. The molecule has 0 bridgehead atoms. The molecule has 128 valence electrons. The van der Waals surface area contributed by atoms with Crippen LogP contribution in [0, 0.1) is 18.3 Å². The van der Waals surface area contributed by atoms with E-state index < -0.39 is 0 Å². The highest BCUT2D eigenvalue weighted by Crippen LogP contribution is 2.52. The molecule has 4 heteroatoms. The zero-order chi connectivity index (χ0) is 18.3. The fourth-order valence-corrected chi connectivity index (χ4v) is 3.40. The van der Waals surface area contributed by atoms with Crippen molar-refractivity contribution in [2.45, 2.75) is 6.92 Å².